The van der Waals surface area contributed by atoms with Gasteiger partial charge in [-0.15, -0.1) is 0 Å². The van der Waals surface area contributed by atoms with Crippen LogP contribution in [-0.4, -0.2) is 11.2 Å². The largest absolute Gasteiger partial charge is 0.360 e. The van der Waals surface area contributed by atoms with Crippen molar-refractivity contribution in [3.63, 3.8) is 0 Å². The zero-order valence-electron chi connectivity index (χ0n) is 14.6. The van der Waals surface area contributed by atoms with Gasteiger partial charge in [0.05, 0.1) is 0 Å². The Balaban J connectivity index is 1.51. The third-order valence-electron chi connectivity index (χ3n) is 6.14. The van der Waals surface area contributed by atoms with Crippen LogP contribution in [0.1, 0.15) is 64.4 Å². The highest BCUT2D eigenvalue weighted by molar-refractivity contribution is 7.80. The van der Waals surface area contributed by atoms with E-state index in [2.05, 4.69) is 55.7 Å². The molecular formula is C20H30N2S. The molecule has 0 spiro atoms. The predicted octanol–water partition coefficient (Wildman–Crippen LogP) is 5.31. The number of thiocarbonyl (C=S) groups is 1. The van der Waals surface area contributed by atoms with E-state index in [0.717, 1.165) is 28.6 Å². The maximum Gasteiger partial charge on any atom is 0.170 e. The van der Waals surface area contributed by atoms with Crippen molar-refractivity contribution < 1.29 is 0 Å². The van der Waals surface area contributed by atoms with E-state index in [9.17, 15) is 0 Å². The van der Waals surface area contributed by atoms with Crippen LogP contribution in [0.2, 0.25) is 0 Å². The normalized spacial score (nSPS) is 28.4. The van der Waals surface area contributed by atoms with Gasteiger partial charge in [0.2, 0.25) is 0 Å². The Morgan fingerprint density at radius 3 is 2.48 bits per heavy atom. The monoisotopic (exact) mass is 330 g/mol. The molecule has 5 atom stereocenters. The molecule has 2 nitrogen and oxygen atoms in total. The van der Waals surface area contributed by atoms with Crippen LogP contribution in [0.5, 0.6) is 0 Å². The minimum Gasteiger partial charge on any atom is -0.360 e. The maximum atomic E-state index is 5.52. The molecule has 2 aliphatic carbocycles. The van der Waals surface area contributed by atoms with Crippen LogP contribution in [0.15, 0.2) is 24.3 Å². The van der Waals surface area contributed by atoms with E-state index in [-0.39, 0.29) is 0 Å². The van der Waals surface area contributed by atoms with Crippen LogP contribution in [0.3, 0.4) is 0 Å². The van der Waals surface area contributed by atoms with Crippen molar-refractivity contribution in [2.45, 2.75) is 64.8 Å². The summed E-state index contributed by atoms with van der Waals surface area (Å²) in [4.78, 5) is 0. The summed E-state index contributed by atoms with van der Waals surface area (Å²) < 4.78 is 0. The molecule has 0 saturated heterocycles. The average Bonchev–Trinajstić information content (AvgIpc) is 3.17. The van der Waals surface area contributed by atoms with E-state index in [4.69, 9.17) is 12.2 Å². The van der Waals surface area contributed by atoms with Gasteiger partial charge in [-0.3, -0.25) is 0 Å². The van der Waals surface area contributed by atoms with Gasteiger partial charge in [0, 0.05) is 11.7 Å². The summed E-state index contributed by atoms with van der Waals surface area (Å²) in [6.07, 6.45) is 6.91. The van der Waals surface area contributed by atoms with Crippen LogP contribution in [-0.2, 0) is 0 Å². The highest BCUT2D eigenvalue weighted by Gasteiger charge is 2.41. The highest BCUT2D eigenvalue weighted by Crippen LogP contribution is 2.49. The number of nitrogens with one attached hydrogen (secondary N) is 2. The quantitative estimate of drug-likeness (QED) is 0.715. The Kier molecular flexibility index (Phi) is 5.25. The topological polar surface area (TPSA) is 24.1 Å². The number of hydrogen-bond donors (Lipinski definition) is 2. The average molecular weight is 331 g/mol. The van der Waals surface area contributed by atoms with Gasteiger partial charge in [0.1, 0.15) is 0 Å². The van der Waals surface area contributed by atoms with Gasteiger partial charge in [-0.2, -0.15) is 0 Å². The van der Waals surface area contributed by atoms with Crippen molar-refractivity contribution in [3.05, 3.63) is 29.8 Å². The van der Waals surface area contributed by atoms with Crippen LogP contribution in [0.25, 0.3) is 0 Å². The molecule has 2 fully saturated rings. The summed E-state index contributed by atoms with van der Waals surface area (Å²) in [7, 11) is 0. The highest BCUT2D eigenvalue weighted by atomic mass is 32.1. The SMILES string of the molecule is CCC(C)c1ccc(NC(=S)NC(C)C2CC3CCC2C3)cc1. The third kappa shape index (κ3) is 3.88. The smallest absolute Gasteiger partial charge is 0.170 e. The second-order valence-electron chi connectivity index (χ2n) is 7.66. The molecule has 0 heterocycles. The zero-order valence-corrected chi connectivity index (χ0v) is 15.5. The lowest BCUT2D eigenvalue weighted by Crippen LogP contribution is -2.42. The molecule has 0 amide bonds. The third-order valence-corrected chi connectivity index (χ3v) is 6.36. The van der Waals surface area contributed by atoms with Crippen molar-refractivity contribution >= 4 is 23.0 Å². The number of hydrogen-bond acceptors (Lipinski definition) is 1. The summed E-state index contributed by atoms with van der Waals surface area (Å²) in [5.74, 6) is 3.34. The van der Waals surface area contributed by atoms with E-state index in [1.807, 2.05) is 0 Å². The first kappa shape index (κ1) is 16.8. The van der Waals surface area contributed by atoms with E-state index >= 15 is 0 Å². The van der Waals surface area contributed by atoms with E-state index < -0.39 is 0 Å². The molecule has 0 aromatic heterocycles. The Morgan fingerprint density at radius 1 is 1.17 bits per heavy atom. The summed E-state index contributed by atoms with van der Waals surface area (Å²) in [5.41, 5.74) is 2.47. The number of anilines is 1. The van der Waals surface area contributed by atoms with Crippen molar-refractivity contribution in [3.8, 4) is 0 Å². The Hall–Kier alpha value is -1.09. The minimum atomic E-state index is 0.477. The minimum absolute atomic E-state index is 0.477. The molecule has 5 unspecified atom stereocenters. The molecule has 126 valence electrons. The number of benzene rings is 1. The molecule has 2 N–H and O–H groups in total. The molecule has 2 bridgehead atoms. The summed E-state index contributed by atoms with van der Waals surface area (Å²) in [6, 6.07) is 9.16. The summed E-state index contributed by atoms with van der Waals surface area (Å²) in [5, 5.41) is 7.63. The molecule has 0 radical (unpaired) electrons. The fraction of sp³-hybridized carbons (Fsp3) is 0.650. The fourth-order valence-electron chi connectivity index (χ4n) is 4.52. The van der Waals surface area contributed by atoms with Crippen LogP contribution < -0.4 is 10.6 Å². The lowest BCUT2D eigenvalue weighted by atomic mass is 9.84. The Bertz CT molecular complexity index is 539. The zero-order chi connectivity index (χ0) is 16.4. The molecule has 0 aliphatic heterocycles. The van der Waals surface area contributed by atoms with Crippen LogP contribution in [0.4, 0.5) is 5.69 Å². The van der Waals surface area contributed by atoms with Gasteiger partial charge in [0.15, 0.2) is 5.11 Å². The molecule has 2 saturated carbocycles. The van der Waals surface area contributed by atoms with Crippen molar-refractivity contribution in [2.24, 2.45) is 17.8 Å². The van der Waals surface area contributed by atoms with Crippen molar-refractivity contribution in [1.82, 2.24) is 5.32 Å². The standard InChI is InChI=1S/C20H30N2S/c1-4-13(2)16-7-9-18(10-8-16)22-20(23)21-14(3)19-12-15-5-6-17(19)11-15/h7-10,13-15,17,19H,4-6,11-12H2,1-3H3,(H2,21,22,23). The molecule has 1 aromatic rings. The molecule has 3 heteroatoms. The Labute approximate surface area is 146 Å². The second-order valence-corrected chi connectivity index (χ2v) is 8.07. The van der Waals surface area contributed by atoms with E-state index in [1.54, 1.807) is 0 Å². The fourth-order valence-corrected chi connectivity index (χ4v) is 4.82. The van der Waals surface area contributed by atoms with Gasteiger partial charge in [0.25, 0.3) is 0 Å². The first-order valence-corrected chi connectivity index (χ1v) is 9.65. The van der Waals surface area contributed by atoms with Crippen LogP contribution >= 0.6 is 12.2 Å². The summed E-state index contributed by atoms with van der Waals surface area (Å²) in [6.45, 7) is 6.80. The van der Waals surface area contributed by atoms with E-state index in [0.29, 0.717) is 12.0 Å². The molecule has 23 heavy (non-hydrogen) atoms. The number of rotatable bonds is 5. The van der Waals surface area contributed by atoms with Crippen molar-refractivity contribution in [2.75, 3.05) is 5.32 Å². The maximum absolute atomic E-state index is 5.52. The first-order valence-electron chi connectivity index (χ1n) is 9.24. The van der Waals surface area contributed by atoms with Gasteiger partial charge in [-0.05, 0) is 86.2 Å². The molecule has 1 aromatic carbocycles. The van der Waals surface area contributed by atoms with Gasteiger partial charge in [-0.25, -0.2) is 0 Å². The van der Waals surface area contributed by atoms with Gasteiger partial charge in [-0.1, -0.05) is 32.4 Å². The first-order chi connectivity index (χ1) is 11.1. The molecular weight excluding hydrogens is 300 g/mol. The lowest BCUT2D eigenvalue weighted by molar-refractivity contribution is 0.279. The van der Waals surface area contributed by atoms with E-state index in [1.165, 1.54) is 37.7 Å². The van der Waals surface area contributed by atoms with Gasteiger partial charge < -0.3 is 10.6 Å². The van der Waals surface area contributed by atoms with Crippen molar-refractivity contribution in [1.29, 1.82) is 0 Å². The van der Waals surface area contributed by atoms with Crippen LogP contribution in [0, 0.1) is 17.8 Å². The Morgan fingerprint density at radius 2 is 1.91 bits per heavy atom. The number of fused-ring (bicyclic) bond motifs is 2. The lowest BCUT2D eigenvalue weighted by Gasteiger charge is -2.29. The predicted molar refractivity (Wildman–Crippen MR) is 103 cm³/mol. The second kappa shape index (κ2) is 7.21. The van der Waals surface area contributed by atoms with Gasteiger partial charge >= 0.3 is 0 Å². The summed E-state index contributed by atoms with van der Waals surface area (Å²) >= 11 is 5.52. The molecule has 2 aliphatic rings. The molecule has 3 rings (SSSR count).